The van der Waals surface area contributed by atoms with E-state index in [0.29, 0.717) is 47.5 Å². The molecule has 1 unspecified atom stereocenters. The van der Waals surface area contributed by atoms with E-state index in [1.165, 1.54) is 4.31 Å². The highest BCUT2D eigenvalue weighted by atomic mass is 32.2. The third-order valence-corrected chi connectivity index (χ3v) is 8.21. The van der Waals surface area contributed by atoms with Gasteiger partial charge < -0.3 is 34.6 Å². The molecule has 0 radical (unpaired) electrons. The fourth-order valence-corrected chi connectivity index (χ4v) is 5.35. The molecule has 1 saturated heterocycles. The quantitative estimate of drug-likeness (QED) is 0.384. The van der Waals surface area contributed by atoms with Gasteiger partial charge in [-0.3, -0.25) is 4.31 Å². The van der Waals surface area contributed by atoms with Crippen LogP contribution in [0, 0.1) is 5.82 Å². The van der Waals surface area contributed by atoms with Gasteiger partial charge in [0, 0.05) is 51.2 Å². The number of hydrogen-bond donors (Lipinski definition) is 2. The Balaban J connectivity index is 1.45. The van der Waals surface area contributed by atoms with Gasteiger partial charge >= 0.3 is 0 Å². The normalized spacial score (nSPS) is 15.8. The van der Waals surface area contributed by atoms with Crippen LogP contribution < -0.4 is 34.0 Å². The Morgan fingerprint density at radius 2 is 1.88 bits per heavy atom. The molecular weight excluding hydrogens is 549 g/mol. The number of rotatable bonds is 9. The second-order valence-corrected chi connectivity index (χ2v) is 11.3. The lowest BCUT2D eigenvalue weighted by Crippen LogP contribution is -2.44. The SMILES string of the molecule is CCc1cc(Nc2ncc(F)c(Nc3ccc4c(c3N(C)S(C)=O)OCCO4)n2)c(OC)cc1N1CCN(C)CC1. The van der Waals surface area contributed by atoms with Gasteiger partial charge in [0.2, 0.25) is 5.95 Å². The minimum Gasteiger partial charge on any atom is -0.494 e. The first-order chi connectivity index (χ1) is 19.8. The summed E-state index contributed by atoms with van der Waals surface area (Å²) in [6.07, 6.45) is 3.48. The van der Waals surface area contributed by atoms with E-state index in [2.05, 4.69) is 44.4 Å². The van der Waals surface area contributed by atoms with Crippen LogP contribution in [0.2, 0.25) is 0 Å². The molecule has 0 aliphatic carbocycles. The maximum absolute atomic E-state index is 15.0. The topological polar surface area (TPSA) is 104 Å². The second kappa shape index (κ2) is 12.4. The average Bonchev–Trinajstić information content (AvgIpc) is 2.98. The van der Waals surface area contributed by atoms with Crippen LogP contribution in [-0.4, -0.2) is 85.9 Å². The number of anilines is 6. The number of nitrogens with one attached hydrogen (secondary N) is 2. The van der Waals surface area contributed by atoms with Crippen LogP contribution in [-0.2, 0) is 17.4 Å². The van der Waals surface area contributed by atoms with Crippen LogP contribution in [0.3, 0.4) is 0 Å². The van der Waals surface area contributed by atoms with Crippen molar-refractivity contribution >= 4 is 45.5 Å². The van der Waals surface area contributed by atoms with Crippen molar-refractivity contribution in [3.05, 3.63) is 41.8 Å². The molecule has 0 bridgehead atoms. The van der Waals surface area contributed by atoms with Gasteiger partial charge in [0.25, 0.3) is 0 Å². The Kier molecular flexibility index (Phi) is 8.64. The molecule has 3 aromatic rings. The molecule has 0 amide bonds. The Hall–Kier alpha value is -3.84. The van der Waals surface area contributed by atoms with Gasteiger partial charge in [0.15, 0.2) is 23.1 Å². The smallest absolute Gasteiger partial charge is 0.229 e. The van der Waals surface area contributed by atoms with Crippen LogP contribution in [0.5, 0.6) is 17.2 Å². The Labute approximate surface area is 242 Å². The number of piperazine rings is 1. The highest BCUT2D eigenvalue weighted by Crippen LogP contribution is 2.46. The fourth-order valence-electron chi connectivity index (χ4n) is 4.91. The number of likely N-dealkylation sites (N-methyl/N-ethyl adjacent to an activating group) is 1. The van der Waals surface area contributed by atoms with Crippen LogP contribution in [0.15, 0.2) is 30.5 Å². The highest BCUT2D eigenvalue weighted by Gasteiger charge is 2.25. The van der Waals surface area contributed by atoms with Crippen molar-refractivity contribution in [3.8, 4) is 17.2 Å². The van der Waals surface area contributed by atoms with Crippen molar-refractivity contribution < 1.29 is 22.8 Å². The molecule has 13 heteroatoms. The van der Waals surface area contributed by atoms with E-state index < -0.39 is 16.8 Å². The summed E-state index contributed by atoms with van der Waals surface area (Å²) in [5.41, 5.74) is 3.92. The molecule has 2 aliphatic heterocycles. The van der Waals surface area contributed by atoms with Crippen molar-refractivity contribution in [1.82, 2.24) is 14.9 Å². The number of nitrogens with zero attached hydrogens (tertiary/aromatic N) is 5. The monoisotopic (exact) mass is 585 g/mol. The molecule has 2 aromatic carbocycles. The maximum atomic E-state index is 15.0. The van der Waals surface area contributed by atoms with Crippen molar-refractivity contribution in [3.63, 3.8) is 0 Å². The summed E-state index contributed by atoms with van der Waals surface area (Å²) in [5.74, 6) is 1.08. The molecular formula is C28H36FN7O4S. The zero-order chi connectivity index (χ0) is 29.1. The second-order valence-electron chi connectivity index (χ2n) is 9.87. The molecule has 5 rings (SSSR count). The summed E-state index contributed by atoms with van der Waals surface area (Å²) in [6.45, 7) is 6.76. The van der Waals surface area contributed by atoms with E-state index in [1.807, 2.05) is 12.1 Å². The van der Waals surface area contributed by atoms with Gasteiger partial charge in [0.1, 0.15) is 35.6 Å². The van der Waals surface area contributed by atoms with E-state index in [-0.39, 0.29) is 11.8 Å². The summed E-state index contributed by atoms with van der Waals surface area (Å²) in [7, 11) is 4.05. The molecule has 11 nitrogen and oxygen atoms in total. The molecule has 41 heavy (non-hydrogen) atoms. The lowest BCUT2D eigenvalue weighted by molar-refractivity contribution is 0.172. The first-order valence-corrected chi connectivity index (χ1v) is 15.0. The van der Waals surface area contributed by atoms with Gasteiger partial charge in [0.05, 0.1) is 24.7 Å². The van der Waals surface area contributed by atoms with Crippen molar-refractivity contribution in [2.45, 2.75) is 13.3 Å². The summed E-state index contributed by atoms with van der Waals surface area (Å²) < 4.78 is 46.2. The van der Waals surface area contributed by atoms with Crippen molar-refractivity contribution in [2.75, 3.05) is 86.7 Å². The summed E-state index contributed by atoms with van der Waals surface area (Å²) in [6, 6.07) is 7.52. The van der Waals surface area contributed by atoms with E-state index in [1.54, 1.807) is 32.5 Å². The predicted octanol–water partition coefficient (Wildman–Crippen LogP) is 3.93. The molecule has 1 aromatic heterocycles. The van der Waals surface area contributed by atoms with Gasteiger partial charge in [-0.05, 0) is 37.2 Å². The molecule has 0 saturated carbocycles. The number of aryl methyl sites for hydroxylation is 1. The number of ether oxygens (including phenoxy) is 3. The molecule has 0 spiro atoms. The number of aromatic nitrogens is 2. The summed E-state index contributed by atoms with van der Waals surface area (Å²) in [4.78, 5) is 13.3. The third-order valence-electron chi connectivity index (χ3n) is 7.25. The van der Waals surface area contributed by atoms with Crippen LogP contribution in [0.25, 0.3) is 0 Å². The zero-order valence-electron chi connectivity index (χ0n) is 24.0. The maximum Gasteiger partial charge on any atom is 0.229 e. The van der Waals surface area contributed by atoms with Gasteiger partial charge in [-0.1, -0.05) is 6.92 Å². The van der Waals surface area contributed by atoms with Gasteiger partial charge in [-0.25, -0.2) is 13.6 Å². The lowest BCUT2D eigenvalue weighted by atomic mass is 10.1. The Morgan fingerprint density at radius 3 is 2.59 bits per heavy atom. The lowest BCUT2D eigenvalue weighted by Gasteiger charge is -2.35. The fraction of sp³-hybridized carbons (Fsp3) is 0.429. The van der Waals surface area contributed by atoms with Crippen LogP contribution in [0.4, 0.5) is 38.9 Å². The Bertz CT molecular complexity index is 1440. The number of benzene rings is 2. The molecule has 220 valence electrons. The van der Waals surface area contributed by atoms with Gasteiger partial charge in [-0.15, -0.1) is 0 Å². The number of halogens is 1. The van der Waals surface area contributed by atoms with Crippen molar-refractivity contribution in [2.24, 2.45) is 0 Å². The number of hydrogen-bond acceptors (Lipinski definition) is 10. The van der Waals surface area contributed by atoms with E-state index in [0.717, 1.165) is 50.0 Å². The predicted molar refractivity (Wildman–Crippen MR) is 161 cm³/mol. The van der Waals surface area contributed by atoms with Gasteiger partial charge in [-0.2, -0.15) is 4.98 Å². The van der Waals surface area contributed by atoms with E-state index in [4.69, 9.17) is 14.2 Å². The van der Waals surface area contributed by atoms with Crippen LogP contribution in [0.1, 0.15) is 12.5 Å². The number of fused-ring (bicyclic) bond motifs is 1. The highest BCUT2D eigenvalue weighted by molar-refractivity contribution is 7.85. The van der Waals surface area contributed by atoms with E-state index >= 15 is 0 Å². The van der Waals surface area contributed by atoms with Crippen molar-refractivity contribution in [1.29, 1.82) is 0 Å². The number of methoxy groups -OCH3 is 1. The van der Waals surface area contributed by atoms with Crippen LogP contribution >= 0.6 is 0 Å². The summed E-state index contributed by atoms with van der Waals surface area (Å²) >= 11 is 0. The molecule has 2 N–H and O–H groups in total. The largest absolute Gasteiger partial charge is 0.494 e. The molecule has 1 atom stereocenters. The minimum absolute atomic E-state index is 0.0561. The standard InChI is InChI=1S/C28H36FN7O4S/c1-6-18-15-21(24(38-4)16-22(18)36-11-9-34(2)10-12-36)32-28-30-17-19(29)27(33-28)31-20-7-8-23-26(40-14-13-39-23)25(20)35(3)41(5)37/h7-8,15-17H,6,9-14H2,1-5H3,(H2,30,31,32,33). The average molecular weight is 586 g/mol. The Morgan fingerprint density at radius 1 is 1.12 bits per heavy atom. The first kappa shape index (κ1) is 28.7. The molecule has 3 heterocycles. The van der Waals surface area contributed by atoms with E-state index in [9.17, 15) is 8.60 Å². The summed E-state index contributed by atoms with van der Waals surface area (Å²) in [5, 5.41) is 6.25. The first-order valence-electron chi connectivity index (χ1n) is 13.5. The third kappa shape index (κ3) is 6.10. The molecule has 1 fully saturated rings. The minimum atomic E-state index is -1.38. The zero-order valence-corrected chi connectivity index (χ0v) is 24.8. The molecule has 2 aliphatic rings.